The predicted octanol–water partition coefficient (Wildman–Crippen LogP) is 6.79. The summed E-state index contributed by atoms with van der Waals surface area (Å²) in [4.78, 5) is 7.75. The van der Waals surface area contributed by atoms with E-state index in [1.54, 1.807) is 114 Å². The van der Waals surface area contributed by atoms with Crippen LogP contribution in [-0.4, -0.2) is 23.8 Å². The van der Waals surface area contributed by atoms with Gasteiger partial charge in [0.05, 0.1) is 17.0 Å². The molecule has 0 N–H and O–H groups in total. The molecule has 0 heterocycles. The van der Waals surface area contributed by atoms with Gasteiger partial charge in [-0.2, -0.15) is 0 Å². The van der Waals surface area contributed by atoms with Gasteiger partial charge in [0.25, 0.3) is 0 Å². The molecule has 0 atom stereocenters. The maximum absolute atomic E-state index is 7.75. The fourth-order valence-corrected chi connectivity index (χ4v) is 10.5. The second-order valence-corrected chi connectivity index (χ2v) is 11.0. The zero-order valence-corrected chi connectivity index (χ0v) is 19.2. The molecule has 0 unspecified atom stereocenters. The molecule has 4 heteroatoms. The van der Waals surface area contributed by atoms with Crippen LogP contribution in [0.5, 0.6) is 0 Å². The molecule has 0 amide bonds. The van der Waals surface area contributed by atoms with Gasteiger partial charge in [0.1, 0.15) is 0 Å². The fraction of sp³-hybridized carbons (Fsp3) is 0.900. The molecule has 3 aliphatic rings. The molecule has 0 aliphatic heterocycles. The van der Waals surface area contributed by atoms with Crippen molar-refractivity contribution in [2.45, 2.75) is 113 Å². The molecule has 0 aromatic carbocycles. The first-order valence-electron chi connectivity index (χ1n) is 9.69. The molecule has 0 spiro atoms. The molecule has 0 aromatic rings. The molecular weight excluding hydrogens is 424 g/mol. The van der Waals surface area contributed by atoms with Gasteiger partial charge in [0, 0.05) is 7.92 Å². The van der Waals surface area contributed by atoms with E-state index >= 15 is 0 Å². The Morgan fingerprint density at radius 3 is 1.00 bits per heavy atom. The van der Waals surface area contributed by atoms with Crippen LogP contribution in [0.3, 0.4) is 0 Å². The molecule has 0 bridgehead atoms. The summed E-state index contributed by atoms with van der Waals surface area (Å²) in [5.41, 5.74) is 3.68. The zero-order valence-electron chi connectivity index (χ0n) is 15.6. The van der Waals surface area contributed by atoms with Crippen LogP contribution in [0.4, 0.5) is 0 Å². The van der Waals surface area contributed by atoms with Crippen molar-refractivity contribution in [1.29, 1.82) is 0 Å². The Morgan fingerprint density at radius 1 is 0.583 bits per heavy atom. The minimum absolute atomic E-state index is 0. The van der Waals surface area contributed by atoms with Crippen molar-refractivity contribution in [2.75, 3.05) is 0 Å². The summed E-state index contributed by atoms with van der Waals surface area (Å²) in [5.74, 6) is 0. The van der Waals surface area contributed by atoms with Crippen molar-refractivity contribution < 1.29 is 22.1 Å². The third-order valence-electron chi connectivity index (χ3n) is 6.23. The number of rotatable bonds is 3. The molecule has 3 rings (SSSR count). The quantitative estimate of drug-likeness (QED) is 0.195. The van der Waals surface area contributed by atoms with Crippen LogP contribution < -0.4 is 0 Å². The predicted molar refractivity (Wildman–Crippen MR) is 109 cm³/mol. The minimum atomic E-state index is -0.0465. The van der Waals surface area contributed by atoms with Crippen LogP contribution in [-0.2, 0) is 22.1 Å². The summed E-state index contributed by atoms with van der Waals surface area (Å²) >= 11 is 1.62. The topological polar surface area (TPSA) is 17.1 Å². The molecule has 3 fully saturated rings. The number of hydrogen-bond donors (Lipinski definition) is 0. The fourth-order valence-electron chi connectivity index (χ4n) is 5.31. The van der Waals surface area contributed by atoms with E-state index in [2.05, 4.69) is 16.5 Å². The number of carbonyl (C=O) groups excluding carboxylic acids is 1. The maximum atomic E-state index is 7.75. The van der Waals surface area contributed by atoms with Gasteiger partial charge in [0.2, 0.25) is 0 Å². The average molecular weight is 463 g/mol. The van der Waals surface area contributed by atoms with E-state index in [0.29, 0.717) is 0 Å². The van der Waals surface area contributed by atoms with E-state index in [1.807, 2.05) is 0 Å². The summed E-state index contributed by atoms with van der Waals surface area (Å²) in [5, 5.41) is 0. The monoisotopic (exact) mass is 463 g/mol. The SMILES string of the molecule is C1CCC([PH+](C2CCCCC2)C2CCCCC2)CC1.[CH-]=O.[CH3-].[Cl][RuH+2]. The van der Waals surface area contributed by atoms with Gasteiger partial charge in [-0.15, -0.1) is 0 Å². The van der Waals surface area contributed by atoms with Gasteiger partial charge in [-0.3, -0.25) is 6.79 Å². The first-order valence-corrected chi connectivity index (χ1v) is 13.8. The van der Waals surface area contributed by atoms with Crippen LogP contribution in [0.15, 0.2) is 0 Å². The van der Waals surface area contributed by atoms with Crippen molar-refractivity contribution >= 4 is 24.4 Å². The molecule has 144 valence electrons. The van der Waals surface area contributed by atoms with E-state index in [9.17, 15) is 0 Å². The van der Waals surface area contributed by atoms with Crippen LogP contribution in [0.1, 0.15) is 96.3 Å². The molecule has 24 heavy (non-hydrogen) atoms. The molecule has 0 saturated heterocycles. The van der Waals surface area contributed by atoms with Gasteiger partial charge in [-0.1, -0.05) is 19.3 Å². The van der Waals surface area contributed by atoms with Gasteiger partial charge in [-0.25, -0.2) is 0 Å². The number of hydrogen-bond acceptors (Lipinski definition) is 1. The summed E-state index contributed by atoms with van der Waals surface area (Å²) in [6, 6.07) is 0. The Bertz CT molecular complexity index is 232. The zero-order chi connectivity index (χ0) is 16.9. The Labute approximate surface area is 166 Å². The van der Waals surface area contributed by atoms with Gasteiger partial charge < -0.3 is 12.2 Å². The Hall–Kier alpha value is 1.01. The number of halogens is 1. The van der Waals surface area contributed by atoms with Crippen molar-refractivity contribution in [1.82, 2.24) is 0 Å². The third kappa shape index (κ3) is 8.14. The van der Waals surface area contributed by atoms with Gasteiger partial charge in [-0.05, 0) is 77.0 Å². The molecule has 3 aliphatic carbocycles. The second kappa shape index (κ2) is 16.2. The Morgan fingerprint density at radius 2 is 0.792 bits per heavy atom. The summed E-state index contributed by atoms with van der Waals surface area (Å²) < 4.78 is 0. The van der Waals surface area contributed by atoms with Crippen molar-refractivity contribution in [3.63, 3.8) is 0 Å². The normalized spacial score (nSPS) is 23.3. The van der Waals surface area contributed by atoms with Crippen molar-refractivity contribution in [2.24, 2.45) is 0 Å². The van der Waals surface area contributed by atoms with E-state index in [-0.39, 0.29) is 15.3 Å². The Kier molecular flexibility index (Phi) is 16.9. The van der Waals surface area contributed by atoms with Crippen molar-refractivity contribution in [3.05, 3.63) is 7.43 Å². The molecule has 3 saturated carbocycles. The first-order chi connectivity index (χ1) is 11.4. The summed E-state index contributed by atoms with van der Waals surface area (Å²) in [7, 11) is 4.56. The summed E-state index contributed by atoms with van der Waals surface area (Å²) in [6.07, 6.45) is 23.8. The molecule has 0 radical (unpaired) electrons. The van der Waals surface area contributed by atoms with Crippen LogP contribution in [0.25, 0.3) is 0 Å². The van der Waals surface area contributed by atoms with E-state index in [1.165, 1.54) is 17.0 Å². The van der Waals surface area contributed by atoms with Gasteiger partial charge >= 0.3 is 27.0 Å². The standard InChI is InChI=1S/C18H33P.CHO.CH3.ClH.Ru.H/c1-4-10-16(11-5-1)19(17-12-6-2-7-13-17)18-14-8-3-9-15-18;1-2;;;;/h16-18H,1-15H2;1H;1H3;1H;;/q;2*-1;;+3;. The average Bonchev–Trinajstić information content (AvgIpc) is 2.68. The third-order valence-corrected chi connectivity index (χ3v) is 10.8. The second-order valence-electron chi connectivity index (χ2n) is 7.50. The van der Waals surface area contributed by atoms with Crippen LogP contribution >= 0.6 is 17.6 Å². The molecular formula is C20H39ClOPRu+. The van der Waals surface area contributed by atoms with Crippen LogP contribution in [0.2, 0.25) is 0 Å². The van der Waals surface area contributed by atoms with Crippen molar-refractivity contribution in [3.8, 4) is 0 Å². The molecule has 0 aromatic heterocycles. The van der Waals surface area contributed by atoms with E-state index in [0.717, 1.165) is 0 Å². The summed E-state index contributed by atoms with van der Waals surface area (Å²) in [6.45, 7) is 3.25. The first kappa shape index (κ1) is 25.0. The van der Waals surface area contributed by atoms with Gasteiger partial charge in [0.15, 0.2) is 0 Å². The van der Waals surface area contributed by atoms with E-state index in [4.69, 9.17) is 4.79 Å². The Balaban J connectivity index is 0.000000987. The molecule has 1 nitrogen and oxygen atoms in total. The van der Waals surface area contributed by atoms with Crippen LogP contribution in [0, 0.1) is 7.43 Å². The van der Waals surface area contributed by atoms with E-state index < -0.39 is 0 Å².